The van der Waals surface area contributed by atoms with Crippen LogP contribution < -0.4 is 71.4 Å². The van der Waals surface area contributed by atoms with Gasteiger partial charge in [-0.25, -0.2) is 4.57 Å². The Morgan fingerprint density at radius 2 is 1.00 bits per heavy atom. The van der Waals surface area contributed by atoms with E-state index in [1.165, 1.54) is 0 Å². The van der Waals surface area contributed by atoms with Crippen molar-refractivity contribution in [3.63, 3.8) is 0 Å². The van der Waals surface area contributed by atoms with E-state index in [-0.39, 0.29) is 74.3 Å². The van der Waals surface area contributed by atoms with Crippen LogP contribution in [-0.4, -0.2) is 14.7 Å². The molecule has 0 amide bonds. The molecule has 0 spiro atoms. The summed E-state index contributed by atoms with van der Waals surface area (Å²) >= 11 is 0. The predicted molar refractivity (Wildman–Crippen MR) is 26.5 cm³/mol. The molecule has 0 radical (unpaired) electrons. The van der Waals surface area contributed by atoms with Crippen molar-refractivity contribution in [2.45, 2.75) is 0 Å². The van der Waals surface area contributed by atoms with Crippen LogP contribution in [0.3, 0.4) is 0 Å². The van der Waals surface area contributed by atoms with Crippen molar-refractivity contribution in [1.82, 2.24) is 12.3 Å². The molecule has 0 heterocycles. The smallest absolute Gasteiger partial charge is 1.00 e. The summed E-state index contributed by atoms with van der Waals surface area (Å²) in [5.41, 5.74) is 0. The standard InChI is InChI=1S/2H3N.2Na.H3O4P.2H/c;;;;1-5(2,3)4;;/h2*1H3;;;(H3,1,2,3,4);;/q;;2*+1;;2*-1. The third-order valence-electron chi connectivity index (χ3n) is 0. The average Bonchev–Trinajstić information content (AvgIpc) is 0.722. The monoisotopic (exact) mass is 180 g/mol. The first-order valence-corrected chi connectivity index (χ1v) is 2.35. The van der Waals surface area contributed by atoms with E-state index in [1.54, 1.807) is 0 Å². The summed E-state index contributed by atoms with van der Waals surface area (Å²) in [7, 11) is -4.64. The topological polar surface area (TPSA) is 148 Å². The Labute approximate surface area is 100 Å². The van der Waals surface area contributed by atoms with Crippen molar-refractivity contribution >= 4 is 7.82 Å². The molecule has 0 saturated heterocycles. The van der Waals surface area contributed by atoms with Gasteiger partial charge in [0.05, 0.1) is 0 Å². The molecular formula is H11N2Na2O4P. The molecule has 0 aromatic heterocycles. The predicted octanol–water partition coefficient (Wildman–Crippen LogP) is -6.37. The maximum atomic E-state index is 8.88. The number of hydrogen-bond acceptors (Lipinski definition) is 3. The van der Waals surface area contributed by atoms with Crippen LogP contribution in [0.5, 0.6) is 0 Å². The van der Waals surface area contributed by atoms with Gasteiger partial charge in [0.1, 0.15) is 0 Å². The third-order valence-corrected chi connectivity index (χ3v) is 0. The Bertz CT molecular complexity index is 70.2. The van der Waals surface area contributed by atoms with Gasteiger partial charge in [0.25, 0.3) is 0 Å². The zero-order valence-corrected chi connectivity index (χ0v) is 10.5. The first-order valence-electron chi connectivity index (χ1n) is 0.783. The van der Waals surface area contributed by atoms with Gasteiger partial charge in [0, 0.05) is 0 Å². The molecular weight excluding hydrogens is 169 g/mol. The minimum absolute atomic E-state index is 0. The third kappa shape index (κ3) is 157. The van der Waals surface area contributed by atoms with Gasteiger partial charge >= 0.3 is 66.9 Å². The SMILES string of the molecule is N.N.O=P(O)(O)O.[H-].[H-].[Na+].[Na+]. The molecule has 9 N–H and O–H groups in total. The van der Waals surface area contributed by atoms with Crippen molar-refractivity contribution in [2.75, 3.05) is 0 Å². The van der Waals surface area contributed by atoms with Crippen molar-refractivity contribution < 1.29 is 81.2 Å². The Balaban J connectivity index is -0.00000000533. The van der Waals surface area contributed by atoms with E-state index in [0.717, 1.165) is 0 Å². The van der Waals surface area contributed by atoms with E-state index in [9.17, 15) is 0 Å². The van der Waals surface area contributed by atoms with Gasteiger partial charge in [0.15, 0.2) is 0 Å². The fraction of sp³-hybridized carbons (Fsp3) is 0. The quantitative estimate of drug-likeness (QED) is 0.185. The van der Waals surface area contributed by atoms with Crippen LogP contribution in [-0.2, 0) is 4.57 Å². The molecule has 0 rings (SSSR count). The normalized spacial score (nSPS) is 6.56. The molecule has 0 saturated carbocycles. The fourth-order valence-electron chi connectivity index (χ4n) is 0. The fourth-order valence-corrected chi connectivity index (χ4v) is 0. The van der Waals surface area contributed by atoms with Crippen molar-refractivity contribution in [2.24, 2.45) is 0 Å². The molecule has 9 heteroatoms. The number of rotatable bonds is 0. The summed E-state index contributed by atoms with van der Waals surface area (Å²) in [6, 6.07) is 0. The molecule has 0 aliphatic rings. The average molecular weight is 180 g/mol. The summed E-state index contributed by atoms with van der Waals surface area (Å²) in [5, 5.41) is 0. The van der Waals surface area contributed by atoms with Gasteiger partial charge in [0.2, 0.25) is 0 Å². The van der Waals surface area contributed by atoms with Crippen LogP contribution in [0.25, 0.3) is 0 Å². The molecule has 0 aliphatic carbocycles. The zero-order chi connectivity index (χ0) is 4.50. The molecule has 9 heavy (non-hydrogen) atoms. The summed E-state index contributed by atoms with van der Waals surface area (Å²) in [4.78, 5) is 21.6. The van der Waals surface area contributed by atoms with Crippen molar-refractivity contribution in [3.05, 3.63) is 0 Å². The number of hydrogen-bond donors (Lipinski definition) is 5. The second kappa shape index (κ2) is 12.7. The molecule has 0 bridgehead atoms. The molecule has 0 aromatic rings. The van der Waals surface area contributed by atoms with E-state index in [2.05, 4.69) is 0 Å². The van der Waals surface area contributed by atoms with E-state index in [0.29, 0.717) is 0 Å². The Morgan fingerprint density at radius 1 is 1.00 bits per heavy atom. The largest absolute Gasteiger partial charge is 1.00 e. The minimum Gasteiger partial charge on any atom is -1.00 e. The van der Waals surface area contributed by atoms with E-state index < -0.39 is 7.82 Å². The second-order valence-electron chi connectivity index (χ2n) is 0.513. The molecule has 52 valence electrons. The van der Waals surface area contributed by atoms with Crippen LogP contribution in [0.15, 0.2) is 0 Å². The molecule has 0 unspecified atom stereocenters. The van der Waals surface area contributed by atoms with Crippen LogP contribution in [0.1, 0.15) is 2.85 Å². The van der Waals surface area contributed by atoms with E-state index in [1.807, 2.05) is 0 Å². The zero-order valence-electron chi connectivity index (χ0n) is 7.61. The molecule has 0 atom stereocenters. The Kier molecular flexibility index (Phi) is 43.0. The van der Waals surface area contributed by atoms with Crippen molar-refractivity contribution in [3.8, 4) is 0 Å². The van der Waals surface area contributed by atoms with Crippen molar-refractivity contribution in [1.29, 1.82) is 0 Å². The van der Waals surface area contributed by atoms with Gasteiger partial charge in [-0.05, 0) is 0 Å². The van der Waals surface area contributed by atoms with E-state index in [4.69, 9.17) is 19.2 Å². The van der Waals surface area contributed by atoms with Gasteiger partial charge in [-0.2, -0.15) is 0 Å². The summed E-state index contributed by atoms with van der Waals surface area (Å²) < 4.78 is 8.88. The molecule has 0 aromatic carbocycles. The summed E-state index contributed by atoms with van der Waals surface area (Å²) in [5.74, 6) is 0. The van der Waals surface area contributed by atoms with Gasteiger partial charge in [-0.1, -0.05) is 0 Å². The first kappa shape index (κ1) is 30.5. The molecule has 0 fully saturated rings. The van der Waals surface area contributed by atoms with Crippen LogP contribution in [0.4, 0.5) is 0 Å². The van der Waals surface area contributed by atoms with Crippen LogP contribution >= 0.6 is 7.82 Å². The maximum absolute atomic E-state index is 8.88. The van der Waals surface area contributed by atoms with Gasteiger partial charge in [-0.3, -0.25) is 0 Å². The minimum atomic E-state index is -4.64. The van der Waals surface area contributed by atoms with Crippen LogP contribution in [0.2, 0.25) is 0 Å². The van der Waals surface area contributed by atoms with Gasteiger partial charge in [-0.15, -0.1) is 0 Å². The van der Waals surface area contributed by atoms with Crippen LogP contribution in [0, 0.1) is 0 Å². The first-order chi connectivity index (χ1) is 2.00. The Morgan fingerprint density at radius 3 is 1.00 bits per heavy atom. The summed E-state index contributed by atoms with van der Waals surface area (Å²) in [6.07, 6.45) is 0. The van der Waals surface area contributed by atoms with Gasteiger partial charge < -0.3 is 29.8 Å². The Hall–Kier alpha value is 2.03. The summed E-state index contributed by atoms with van der Waals surface area (Å²) in [6.45, 7) is 0. The molecule has 0 aliphatic heterocycles. The number of phosphoric acid groups is 1. The van der Waals surface area contributed by atoms with E-state index >= 15 is 0 Å². The maximum Gasteiger partial charge on any atom is 1.00 e. The second-order valence-corrected chi connectivity index (χ2v) is 1.54. The molecule has 6 nitrogen and oxygen atoms in total.